The van der Waals surface area contributed by atoms with Gasteiger partial charge in [0.2, 0.25) is 0 Å². The van der Waals surface area contributed by atoms with Crippen molar-refractivity contribution in [2.45, 2.75) is 25.3 Å². The van der Waals surface area contributed by atoms with Crippen molar-refractivity contribution in [3.63, 3.8) is 0 Å². The van der Waals surface area contributed by atoms with Gasteiger partial charge in [0.25, 0.3) is 0 Å². The number of nitrogens with two attached hydrogens (primary N) is 2. The minimum atomic E-state index is -5.25. The second-order valence-electron chi connectivity index (χ2n) is 3.34. The summed E-state index contributed by atoms with van der Waals surface area (Å²) in [6, 6.07) is -1.20. The van der Waals surface area contributed by atoms with E-state index in [1.54, 1.807) is 0 Å². The van der Waals surface area contributed by atoms with E-state index < -0.39 is 27.7 Å². The number of rotatable bonds is 8. The summed E-state index contributed by atoms with van der Waals surface area (Å²) in [6.07, 6.45) is 1.27. The Labute approximate surface area is 152 Å². The molecular weight excluding hydrogens is 329 g/mol. The Morgan fingerprint density at radius 1 is 1.21 bits per heavy atom. The van der Waals surface area contributed by atoms with Gasteiger partial charge >= 0.3 is 73.0 Å². The molecule has 0 amide bonds. The Balaban J connectivity index is 0. The molecule has 0 aromatic rings. The molecule has 0 aliphatic carbocycles. The van der Waals surface area contributed by atoms with Gasteiger partial charge in [-0.05, 0) is 19.4 Å². The van der Waals surface area contributed by atoms with E-state index in [1.165, 1.54) is 0 Å². The van der Waals surface area contributed by atoms with Gasteiger partial charge in [0.1, 0.15) is 6.04 Å². The predicted molar refractivity (Wildman–Crippen MR) is 67.1 cm³/mol. The fourth-order valence-electron chi connectivity index (χ4n) is 0.959. The molecule has 0 spiro atoms. The molecule has 19 heavy (non-hydrogen) atoms. The Morgan fingerprint density at radius 3 is 2.16 bits per heavy atom. The first-order valence-corrected chi connectivity index (χ1v) is 7.89. The summed E-state index contributed by atoms with van der Waals surface area (Å²) in [5.41, 5.74) is 10.5. The van der Waals surface area contributed by atoms with Crippen LogP contribution in [0.15, 0.2) is 0 Å². The number of hydrogen-bond acceptors (Lipinski definition) is 7. The number of hydrogen-bond donors (Lipinski definition) is 5. The van der Waals surface area contributed by atoms with E-state index >= 15 is 0 Å². The van der Waals surface area contributed by atoms with Crippen LogP contribution in [0, 0.1) is 0 Å². The Bertz CT molecular complexity index is 374. The van der Waals surface area contributed by atoms with Gasteiger partial charge in [-0.15, -0.1) is 0 Å². The molecule has 0 fully saturated rings. The van der Waals surface area contributed by atoms with Gasteiger partial charge in [-0.1, -0.05) is 6.42 Å². The predicted octanol–water partition coefficient (Wildman–Crippen LogP) is -1.45. The van der Waals surface area contributed by atoms with E-state index in [0.717, 1.165) is 0 Å². The van der Waals surface area contributed by atoms with E-state index in [2.05, 4.69) is 8.83 Å². The van der Waals surface area contributed by atoms with Gasteiger partial charge in [0.15, 0.2) is 0 Å². The third-order valence-corrected chi connectivity index (χ3v) is 3.77. The molecule has 0 saturated carbocycles. The number of unbranched alkanes of at least 4 members (excludes halogenated alkanes) is 1. The molecule has 0 saturated heterocycles. The third kappa shape index (κ3) is 12.8. The van der Waals surface area contributed by atoms with Crippen LogP contribution in [0.5, 0.6) is 0 Å². The molecule has 110 valence electrons. The topological polar surface area (TPSA) is 182 Å². The SMILES string of the molecule is NCCCC[C@H](N)C(=O)OP(=O)(O)OP(=O)(O)O.[KH]. The summed E-state index contributed by atoms with van der Waals surface area (Å²) in [4.78, 5) is 36.7. The van der Waals surface area contributed by atoms with Crippen molar-refractivity contribution in [1.29, 1.82) is 0 Å². The maximum absolute atomic E-state index is 11.2. The van der Waals surface area contributed by atoms with Crippen LogP contribution in [0.4, 0.5) is 0 Å². The van der Waals surface area contributed by atoms with Crippen molar-refractivity contribution in [2.75, 3.05) is 6.54 Å². The van der Waals surface area contributed by atoms with Crippen LogP contribution < -0.4 is 11.5 Å². The first-order chi connectivity index (χ1) is 8.07. The van der Waals surface area contributed by atoms with Crippen LogP contribution >= 0.6 is 15.6 Å². The van der Waals surface area contributed by atoms with E-state index in [1.807, 2.05) is 0 Å². The average Bonchev–Trinajstić information content (AvgIpc) is 2.12. The quantitative estimate of drug-likeness (QED) is 0.198. The van der Waals surface area contributed by atoms with E-state index in [4.69, 9.17) is 26.1 Å². The first-order valence-electron chi connectivity index (χ1n) is 4.86. The van der Waals surface area contributed by atoms with Crippen molar-refractivity contribution in [3.05, 3.63) is 0 Å². The Morgan fingerprint density at radius 2 is 1.74 bits per heavy atom. The minimum absolute atomic E-state index is 0. The molecule has 0 aliphatic rings. The molecule has 0 aromatic heterocycles. The summed E-state index contributed by atoms with van der Waals surface area (Å²) in [6.45, 7) is 0.404. The second kappa shape index (κ2) is 10.1. The van der Waals surface area contributed by atoms with E-state index in [0.29, 0.717) is 19.4 Å². The molecular formula is C6H17KN2O8P2. The zero-order valence-corrected chi connectivity index (χ0v) is 11.1. The number of carbonyl (C=O) groups is 1. The number of phosphoric acid groups is 2. The van der Waals surface area contributed by atoms with Gasteiger partial charge in [-0.2, -0.15) is 4.31 Å². The monoisotopic (exact) mass is 346 g/mol. The average molecular weight is 346 g/mol. The Kier molecular flexibility index (Phi) is 12.0. The van der Waals surface area contributed by atoms with E-state index in [9.17, 15) is 13.9 Å². The fourth-order valence-corrected chi connectivity index (χ4v) is 2.53. The van der Waals surface area contributed by atoms with Gasteiger partial charge in [0, 0.05) is 0 Å². The van der Waals surface area contributed by atoms with Crippen LogP contribution in [-0.4, -0.2) is 84.6 Å². The molecule has 10 nitrogen and oxygen atoms in total. The molecule has 0 heterocycles. The standard InChI is InChI=1S/C6H16N2O8P2.K.H/c7-4-2-1-3-5(8)6(9)15-18(13,14)16-17(10,11)12;;/h5H,1-4,7-8H2,(H,13,14)(H2,10,11,12);;/t5-;;/m0../s1. The van der Waals surface area contributed by atoms with Crippen LogP contribution in [0.1, 0.15) is 19.3 Å². The molecule has 2 atom stereocenters. The van der Waals surface area contributed by atoms with Gasteiger partial charge in [-0.25, -0.2) is 13.9 Å². The van der Waals surface area contributed by atoms with Gasteiger partial charge in [-0.3, -0.25) is 4.89 Å². The van der Waals surface area contributed by atoms with Crippen LogP contribution in [-0.2, 0) is 22.8 Å². The molecule has 0 rings (SSSR count). The van der Waals surface area contributed by atoms with Crippen molar-refractivity contribution in [3.8, 4) is 0 Å². The molecule has 13 heteroatoms. The summed E-state index contributed by atoms with van der Waals surface area (Å²) in [5, 5.41) is 0. The van der Waals surface area contributed by atoms with Crippen LogP contribution in [0.25, 0.3) is 0 Å². The molecule has 0 bridgehead atoms. The van der Waals surface area contributed by atoms with Gasteiger partial charge < -0.3 is 25.8 Å². The summed E-state index contributed by atoms with van der Waals surface area (Å²) < 4.78 is 28.6. The van der Waals surface area contributed by atoms with Crippen molar-refractivity contribution in [1.82, 2.24) is 0 Å². The molecule has 0 radical (unpaired) electrons. The third-order valence-electron chi connectivity index (χ3n) is 1.69. The van der Waals surface area contributed by atoms with Crippen molar-refractivity contribution in [2.24, 2.45) is 11.5 Å². The van der Waals surface area contributed by atoms with E-state index in [-0.39, 0.29) is 57.8 Å². The van der Waals surface area contributed by atoms with Crippen LogP contribution in [0.2, 0.25) is 0 Å². The fraction of sp³-hybridized carbons (Fsp3) is 0.833. The van der Waals surface area contributed by atoms with Crippen LogP contribution in [0.3, 0.4) is 0 Å². The summed E-state index contributed by atoms with van der Waals surface area (Å²) in [7, 11) is -10.4. The van der Waals surface area contributed by atoms with Crippen molar-refractivity contribution < 1.29 is 37.4 Å². The molecule has 0 aromatic carbocycles. The van der Waals surface area contributed by atoms with Gasteiger partial charge in [0.05, 0.1) is 0 Å². The number of carbonyl (C=O) groups excluding carboxylic acids is 1. The first kappa shape index (κ1) is 22.6. The Hall–Kier alpha value is 1.33. The zero-order valence-electron chi connectivity index (χ0n) is 9.34. The molecule has 1 unspecified atom stereocenters. The zero-order chi connectivity index (χ0) is 14.4. The van der Waals surface area contributed by atoms with Crippen molar-refractivity contribution >= 4 is 73.0 Å². The maximum atomic E-state index is 11.2. The second-order valence-corrected chi connectivity index (χ2v) is 6.10. The molecule has 0 aliphatic heterocycles. The molecule has 7 N–H and O–H groups in total. The summed E-state index contributed by atoms with van der Waals surface area (Å²) >= 11 is 0. The normalized spacial score (nSPS) is 16.1. The number of phosphoric ester groups is 1. The summed E-state index contributed by atoms with van der Waals surface area (Å²) in [5.74, 6) is -1.29.